The molecule has 0 saturated heterocycles. The number of carbonyl (C=O) groups excluding carboxylic acids is 4. The summed E-state index contributed by atoms with van der Waals surface area (Å²) in [4.78, 5) is 61.7. The van der Waals surface area contributed by atoms with Gasteiger partial charge in [0.05, 0.1) is 6.42 Å². The Balaban J connectivity index is 1.01. The third-order valence-corrected chi connectivity index (χ3v) is 16.9. The first-order chi connectivity index (χ1) is 35.4. The first-order valence-electron chi connectivity index (χ1n) is 27.2. The number of esters is 1. The number of halogens is 1. The summed E-state index contributed by atoms with van der Waals surface area (Å²) in [5.41, 5.74) is 6.53. The standard InChI is InChI=1S/C63H76ClN3O6/c1-6-43(2)58(65-62(71)72-42-54-52-33-21-19-31-50(52)51-32-20-22-34-53(51)54)60(69)67(5)59(47-27-15-11-16-28-47)61(70)66(4)44(3)41-57(68)73-63(48-29-17-12-18-30-48,55-35-23-24-36-56(55)64)49-39-37-46(38-40-49)45-25-13-9-7-8-10-14-26-45/h12,17-24,29-40,43-45,47,54,58-59H,6-11,13-16,25-28,41-42H2,1-5H3,(H,65,71)/t43-,44+,58-,59-,63?/m0/s1. The Labute approximate surface area is 439 Å². The highest BCUT2D eigenvalue weighted by Crippen LogP contribution is 2.46. The summed E-state index contributed by atoms with van der Waals surface area (Å²) >= 11 is 7.10. The van der Waals surface area contributed by atoms with Crippen molar-refractivity contribution in [2.24, 2.45) is 11.8 Å². The molecule has 0 bridgehead atoms. The first-order valence-corrected chi connectivity index (χ1v) is 27.6. The van der Waals surface area contributed by atoms with E-state index in [-0.39, 0.29) is 42.6 Å². The molecule has 0 radical (unpaired) electrons. The van der Waals surface area contributed by atoms with E-state index in [1.807, 2.05) is 99.6 Å². The van der Waals surface area contributed by atoms with Gasteiger partial charge in [-0.2, -0.15) is 0 Å². The number of hydrogen-bond donors (Lipinski definition) is 1. The molecule has 8 rings (SSSR count). The zero-order valence-electron chi connectivity index (χ0n) is 43.7. The van der Waals surface area contributed by atoms with Crippen LogP contribution in [0.4, 0.5) is 4.79 Å². The van der Waals surface area contributed by atoms with Crippen LogP contribution in [-0.4, -0.2) is 72.5 Å². The lowest BCUT2D eigenvalue weighted by Crippen LogP contribution is -2.59. The number of likely N-dealkylation sites (N-methyl/N-ethyl adjacent to an activating group) is 2. The fraction of sp³-hybridized carbons (Fsp3) is 0.460. The summed E-state index contributed by atoms with van der Waals surface area (Å²) in [5.74, 6) is -1.13. The number of nitrogens with one attached hydrogen (secondary N) is 1. The van der Waals surface area contributed by atoms with Crippen LogP contribution in [0.25, 0.3) is 11.1 Å². The van der Waals surface area contributed by atoms with Crippen LogP contribution in [0, 0.1) is 11.8 Å². The molecule has 73 heavy (non-hydrogen) atoms. The van der Waals surface area contributed by atoms with Crippen molar-refractivity contribution in [1.82, 2.24) is 15.1 Å². The third kappa shape index (κ3) is 12.0. The lowest BCUT2D eigenvalue weighted by molar-refractivity contribution is -0.156. The van der Waals surface area contributed by atoms with Gasteiger partial charge in [-0.15, -0.1) is 0 Å². The van der Waals surface area contributed by atoms with Crippen molar-refractivity contribution in [2.75, 3.05) is 20.7 Å². The second-order valence-corrected chi connectivity index (χ2v) is 21.6. The van der Waals surface area contributed by atoms with E-state index in [4.69, 9.17) is 21.1 Å². The van der Waals surface area contributed by atoms with Crippen molar-refractivity contribution in [2.45, 2.75) is 153 Å². The Hall–Kier alpha value is -5.93. The first kappa shape index (κ1) is 53.4. The van der Waals surface area contributed by atoms with E-state index in [1.54, 1.807) is 23.9 Å². The number of nitrogens with zero attached hydrogens (tertiary/aromatic N) is 2. The summed E-state index contributed by atoms with van der Waals surface area (Å²) in [7, 11) is 3.40. The molecule has 3 aliphatic rings. The zero-order valence-corrected chi connectivity index (χ0v) is 44.5. The van der Waals surface area contributed by atoms with E-state index < -0.39 is 35.8 Å². The molecule has 5 atom stereocenters. The molecule has 2 fully saturated rings. The predicted molar refractivity (Wildman–Crippen MR) is 291 cm³/mol. The summed E-state index contributed by atoms with van der Waals surface area (Å²) in [5, 5.41) is 3.40. The molecular weight excluding hydrogens is 930 g/mol. The number of hydrogen-bond acceptors (Lipinski definition) is 6. The van der Waals surface area contributed by atoms with Crippen molar-refractivity contribution >= 4 is 35.5 Å². The van der Waals surface area contributed by atoms with Gasteiger partial charge in [0, 0.05) is 47.8 Å². The van der Waals surface area contributed by atoms with Crippen LogP contribution in [0.1, 0.15) is 162 Å². The number of fused-ring (bicyclic) bond motifs is 3. The number of alkyl carbamates (subject to hydrolysis) is 1. The molecule has 10 heteroatoms. The lowest BCUT2D eigenvalue weighted by Gasteiger charge is -2.41. The molecule has 9 nitrogen and oxygen atoms in total. The van der Waals surface area contributed by atoms with Crippen molar-refractivity contribution in [3.05, 3.63) is 166 Å². The molecule has 0 aliphatic heterocycles. The Kier molecular flexibility index (Phi) is 18.2. The normalized spacial score (nSPS) is 17.9. The van der Waals surface area contributed by atoms with Crippen LogP contribution >= 0.6 is 11.6 Å². The lowest BCUT2D eigenvalue weighted by atomic mass is 9.78. The Morgan fingerprint density at radius 3 is 1.79 bits per heavy atom. The zero-order chi connectivity index (χ0) is 51.5. The molecule has 3 amide bonds. The van der Waals surface area contributed by atoms with Crippen LogP contribution < -0.4 is 5.32 Å². The van der Waals surface area contributed by atoms with Crippen LogP contribution in [0.5, 0.6) is 0 Å². The fourth-order valence-corrected chi connectivity index (χ4v) is 12.3. The molecule has 2 saturated carbocycles. The van der Waals surface area contributed by atoms with Crippen LogP contribution in [0.3, 0.4) is 0 Å². The smallest absolute Gasteiger partial charge is 0.407 e. The second-order valence-electron chi connectivity index (χ2n) is 21.1. The number of amides is 3. The monoisotopic (exact) mass is 1010 g/mol. The van der Waals surface area contributed by atoms with Gasteiger partial charge in [-0.25, -0.2) is 4.79 Å². The maximum Gasteiger partial charge on any atom is 0.407 e. The molecule has 386 valence electrons. The van der Waals surface area contributed by atoms with E-state index in [1.165, 1.54) is 44.1 Å². The predicted octanol–water partition coefficient (Wildman–Crippen LogP) is 14.0. The summed E-state index contributed by atoms with van der Waals surface area (Å²) in [6, 6.07) is 39.9. The van der Waals surface area contributed by atoms with Gasteiger partial charge in [-0.05, 0) is 84.2 Å². The van der Waals surface area contributed by atoms with Gasteiger partial charge in [0.15, 0.2) is 5.60 Å². The van der Waals surface area contributed by atoms with Gasteiger partial charge in [-0.1, -0.05) is 211 Å². The highest BCUT2D eigenvalue weighted by atomic mass is 35.5. The molecule has 3 aliphatic carbocycles. The molecular formula is C63H76ClN3O6. The highest BCUT2D eigenvalue weighted by molar-refractivity contribution is 6.31. The minimum Gasteiger partial charge on any atom is -0.449 e. The minimum atomic E-state index is -1.40. The fourth-order valence-electron chi connectivity index (χ4n) is 12.0. The topological polar surface area (TPSA) is 105 Å². The molecule has 1 N–H and O–H groups in total. The average molecular weight is 1010 g/mol. The van der Waals surface area contributed by atoms with Gasteiger partial charge in [-0.3, -0.25) is 14.4 Å². The Morgan fingerprint density at radius 1 is 0.644 bits per heavy atom. The van der Waals surface area contributed by atoms with Gasteiger partial charge in [0.25, 0.3) is 0 Å². The number of ether oxygens (including phenoxy) is 2. The van der Waals surface area contributed by atoms with Gasteiger partial charge >= 0.3 is 12.1 Å². The van der Waals surface area contributed by atoms with E-state index in [2.05, 4.69) is 53.8 Å². The van der Waals surface area contributed by atoms with E-state index in [0.717, 1.165) is 78.3 Å². The molecule has 0 aromatic heterocycles. The minimum absolute atomic E-state index is 0.107. The largest absolute Gasteiger partial charge is 0.449 e. The molecule has 5 aromatic rings. The quantitative estimate of drug-likeness (QED) is 0.0735. The molecule has 1 unspecified atom stereocenters. The SMILES string of the molecule is CC[C@H](C)[C@H](NC(=O)OCC1c2ccccc2-c2ccccc21)C(=O)N(C)[C@H](C(=O)N(C)[C@H](C)CC(=O)OC(c1ccccc1)(c1ccc(C2CCCCCCCC2)cc1)c1ccccc1Cl)C1CCCCC1. The van der Waals surface area contributed by atoms with Gasteiger partial charge in [0.1, 0.15) is 18.7 Å². The molecule has 0 heterocycles. The van der Waals surface area contributed by atoms with Gasteiger partial charge in [0.2, 0.25) is 11.8 Å². The number of carbonyl (C=O) groups is 4. The van der Waals surface area contributed by atoms with Crippen molar-refractivity contribution in [3.63, 3.8) is 0 Å². The Morgan fingerprint density at radius 2 is 1.18 bits per heavy atom. The van der Waals surface area contributed by atoms with E-state index in [0.29, 0.717) is 22.9 Å². The summed E-state index contributed by atoms with van der Waals surface area (Å²) < 4.78 is 12.8. The maximum absolute atomic E-state index is 15.1. The van der Waals surface area contributed by atoms with E-state index >= 15 is 4.79 Å². The van der Waals surface area contributed by atoms with E-state index in [9.17, 15) is 14.4 Å². The summed E-state index contributed by atoms with van der Waals surface area (Å²) in [6.45, 7) is 5.88. The van der Waals surface area contributed by atoms with Crippen LogP contribution in [0.2, 0.25) is 5.02 Å². The summed E-state index contributed by atoms with van der Waals surface area (Å²) in [6.07, 6.45) is 14.2. The molecule has 0 spiro atoms. The molecule has 5 aromatic carbocycles. The maximum atomic E-state index is 15.1. The van der Waals surface area contributed by atoms with Gasteiger partial charge < -0.3 is 24.6 Å². The van der Waals surface area contributed by atoms with Crippen molar-refractivity contribution in [1.29, 1.82) is 0 Å². The van der Waals surface area contributed by atoms with Crippen molar-refractivity contribution < 1.29 is 28.7 Å². The average Bonchev–Trinajstić information content (AvgIpc) is 3.81. The third-order valence-electron chi connectivity index (χ3n) is 16.5. The van der Waals surface area contributed by atoms with Crippen LogP contribution in [0.15, 0.2) is 127 Å². The van der Waals surface area contributed by atoms with Crippen LogP contribution in [-0.2, 0) is 29.5 Å². The highest BCUT2D eigenvalue weighted by Gasteiger charge is 2.45. The second kappa shape index (κ2) is 24.9. The number of rotatable bonds is 17. The Bertz CT molecular complexity index is 2600. The number of benzene rings is 5. The van der Waals surface area contributed by atoms with Crippen molar-refractivity contribution in [3.8, 4) is 11.1 Å².